The number of hydrogen-bond acceptors (Lipinski definition) is 3. The molecule has 1 aromatic heterocycles. The molecule has 2 heterocycles. The van der Waals surface area contributed by atoms with Crippen LogP contribution >= 0.6 is 11.6 Å². The van der Waals surface area contributed by atoms with E-state index in [0.29, 0.717) is 5.92 Å². The molecule has 0 saturated carbocycles. The maximum absolute atomic E-state index is 9.66. The summed E-state index contributed by atoms with van der Waals surface area (Å²) in [6, 6.07) is 9.89. The molecule has 20 heavy (non-hydrogen) atoms. The number of aromatic nitrogens is 1. The summed E-state index contributed by atoms with van der Waals surface area (Å²) in [5.74, 6) is 1.42. The Labute approximate surface area is 124 Å². The number of anilines is 1. The number of pyridine rings is 1. The van der Waals surface area contributed by atoms with Gasteiger partial charge in [0.15, 0.2) is 0 Å². The highest BCUT2D eigenvalue weighted by molar-refractivity contribution is 6.35. The van der Waals surface area contributed by atoms with Gasteiger partial charge in [-0.2, -0.15) is 0 Å². The molecule has 0 amide bonds. The standard InChI is InChI=1S/C16H19ClN2O/c1-11(20)12-7-9-19(10-8-12)16-6-5-13-14(17)3-2-4-15(13)18-16/h2-6,11-12,20H,7-10H2,1H3. The summed E-state index contributed by atoms with van der Waals surface area (Å²) in [5, 5.41) is 11.4. The topological polar surface area (TPSA) is 36.4 Å². The Balaban J connectivity index is 1.82. The molecule has 1 atom stereocenters. The molecule has 3 rings (SSSR count). The normalized spacial score (nSPS) is 18.4. The first-order valence-electron chi connectivity index (χ1n) is 7.13. The number of aliphatic hydroxyl groups is 1. The third-order valence-corrected chi connectivity index (χ3v) is 4.54. The van der Waals surface area contributed by atoms with E-state index in [9.17, 15) is 5.11 Å². The van der Waals surface area contributed by atoms with E-state index in [1.165, 1.54) is 0 Å². The minimum atomic E-state index is -0.208. The Hall–Kier alpha value is -1.32. The number of halogens is 1. The van der Waals surface area contributed by atoms with Gasteiger partial charge in [-0.1, -0.05) is 17.7 Å². The van der Waals surface area contributed by atoms with Gasteiger partial charge >= 0.3 is 0 Å². The quantitative estimate of drug-likeness (QED) is 0.920. The van der Waals surface area contributed by atoms with Gasteiger partial charge < -0.3 is 10.0 Å². The Bertz CT molecular complexity index is 606. The molecular weight excluding hydrogens is 272 g/mol. The fraction of sp³-hybridized carbons (Fsp3) is 0.438. The molecule has 0 radical (unpaired) electrons. The molecule has 4 heteroatoms. The lowest BCUT2D eigenvalue weighted by atomic mass is 9.92. The number of piperidine rings is 1. The maximum atomic E-state index is 9.66. The van der Waals surface area contributed by atoms with Crippen LogP contribution in [-0.2, 0) is 0 Å². The first-order valence-corrected chi connectivity index (χ1v) is 7.51. The van der Waals surface area contributed by atoms with E-state index in [2.05, 4.69) is 4.90 Å². The highest BCUT2D eigenvalue weighted by Gasteiger charge is 2.23. The van der Waals surface area contributed by atoms with Gasteiger partial charge in [-0.15, -0.1) is 0 Å². The molecule has 1 unspecified atom stereocenters. The van der Waals surface area contributed by atoms with Crippen molar-refractivity contribution in [2.24, 2.45) is 5.92 Å². The lowest BCUT2D eigenvalue weighted by Gasteiger charge is -2.34. The van der Waals surface area contributed by atoms with E-state index in [1.54, 1.807) is 0 Å². The first-order chi connectivity index (χ1) is 9.65. The second-order valence-corrected chi connectivity index (χ2v) is 5.95. The van der Waals surface area contributed by atoms with E-state index in [1.807, 2.05) is 37.3 Å². The summed E-state index contributed by atoms with van der Waals surface area (Å²) in [4.78, 5) is 7.00. The van der Waals surface area contributed by atoms with Crippen LogP contribution in [0.15, 0.2) is 30.3 Å². The maximum Gasteiger partial charge on any atom is 0.129 e. The monoisotopic (exact) mass is 290 g/mol. The van der Waals surface area contributed by atoms with Crippen molar-refractivity contribution in [3.05, 3.63) is 35.4 Å². The lowest BCUT2D eigenvalue weighted by molar-refractivity contribution is 0.110. The molecule has 0 bridgehead atoms. The molecule has 1 fully saturated rings. The van der Waals surface area contributed by atoms with Crippen molar-refractivity contribution >= 4 is 28.3 Å². The molecule has 0 spiro atoms. The van der Waals surface area contributed by atoms with E-state index in [4.69, 9.17) is 16.6 Å². The molecule has 1 aliphatic rings. The van der Waals surface area contributed by atoms with Gasteiger partial charge in [-0.05, 0) is 49.9 Å². The second kappa shape index (κ2) is 5.58. The number of benzene rings is 1. The Morgan fingerprint density at radius 3 is 2.70 bits per heavy atom. The van der Waals surface area contributed by atoms with Crippen LogP contribution < -0.4 is 4.90 Å². The summed E-state index contributed by atoms with van der Waals surface area (Å²) in [6.07, 6.45) is 1.83. The third kappa shape index (κ3) is 2.60. The average molecular weight is 291 g/mol. The highest BCUT2D eigenvalue weighted by atomic mass is 35.5. The van der Waals surface area contributed by atoms with Crippen molar-refractivity contribution in [2.45, 2.75) is 25.9 Å². The molecule has 1 N–H and O–H groups in total. The van der Waals surface area contributed by atoms with Gasteiger partial charge in [0.1, 0.15) is 5.82 Å². The van der Waals surface area contributed by atoms with Crippen LogP contribution in [0, 0.1) is 5.92 Å². The van der Waals surface area contributed by atoms with Crippen molar-refractivity contribution in [1.29, 1.82) is 0 Å². The van der Waals surface area contributed by atoms with Crippen LogP contribution in [0.25, 0.3) is 10.9 Å². The minimum absolute atomic E-state index is 0.208. The number of fused-ring (bicyclic) bond motifs is 1. The number of aliphatic hydroxyl groups excluding tert-OH is 1. The van der Waals surface area contributed by atoms with Gasteiger partial charge in [-0.3, -0.25) is 0 Å². The van der Waals surface area contributed by atoms with Crippen LogP contribution in [0.3, 0.4) is 0 Å². The zero-order chi connectivity index (χ0) is 14.1. The molecule has 1 aromatic carbocycles. The van der Waals surface area contributed by atoms with Gasteiger partial charge in [0.25, 0.3) is 0 Å². The molecule has 1 saturated heterocycles. The van der Waals surface area contributed by atoms with Crippen molar-refractivity contribution in [3.63, 3.8) is 0 Å². The van der Waals surface area contributed by atoms with Crippen molar-refractivity contribution in [1.82, 2.24) is 4.98 Å². The number of nitrogens with zero attached hydrogens (tertiary/aromatic N) is 2. The van der Waals surface area contributed by atoms with E-state index >= 15 is 0 Å². The molecule has 106 valence electrons. The zero-order valence-corrected chi connectivity index (χ0v) is 12.3. The first kappa shape index (κ1) is 13.7. The smallest absolute Gasteiger partial charge is 0.129 e. The highest BCUT2D eigenvalue weighted by Crippen LogP contribution is 2.27. The summed E-state index contributed by atoms with van der Waals surface area (Å²) in [5.41, 5.74) is 0.938. The number of hydrogen-bond donors (Lipinski definition) is 1. The third-order valence-electron chi connectivity index (χ3n) is 4.21. The lowest BCUT2D eigenvalue weighted by Crippen LogP contribution is -2.37. The summed E-state index contributed by atoms with van der Waals surface area (Å²) in [7, 11) is 0. The predicted octanol–water partition coefficient (Wildman–Crippen LogP) is 3.49. The Morgan fingerprint density at radius 1 is 1.25 bits per heavy atom. The van der Waals surface area contributed by atoms with Gasteiger partial charge in [-0.25, -0.2) is 4.98 Å². The van der Waals surface area contributed by atoms with Gasteiger partial charge in [0, 0.05) is 23.5 Å². The average Bonchev–Trinajstić information content (AvgIpc) is 2.47. The van der Waals surface area contributed by atoms with Crippen molar-refractivity contribution in [2.75, 3.05) is 18.0 Å². The van der Waals surface area contributed by atoms with Crippen LogP contribution in [0.1, 0.15) is 19.8 Å². The SMILES string of the molecule is CC(O)C1CCN(c2ccc3c(Cl)cccc3n2)CC1. The fourth-order valence-electron chi connectivity index (χ4n) is 2.89. The second-order valence-electron chi connectivity index (χ2n) is 5.54. The summed E-state index contributed by atoms with van der Waals surface area (Å²) in [6.45, 7) is 3.79. The minimum Gasteiger partial charge on any atom is -0.393 e. The molecule has 0 aliphatic carbocycles. The van der Waals surface area contributed by atoms with E-state index in [0.717, 1.165) is 47.7 Å². The van der Waals surface area contributed by atoms with E-state index in [-0.39, 0.29) is 6.10 Å². The van der Waals surface area contributed by atoms with Crippen molar-refractivity contribution in [3.8, 4) is 0 Å². The van der Waals surface area contributed by atoms with Gasteiger partial charge in [0.05, 0.1) is 11.6 Å². The van der Waals surface area contributed by atoms with Crippen LogP contribution in [-0.4, -0.2) is 29.3 Å². The van der Waals surface area contributed by atoms with Crippen LogP contribution in [0.2, 0.25) is 5.02 Å². The Kier molecular flexibility index (Phi) is 3.81. The molecule has 1 aliphatic heterocycles. The van der Waals surface area contributed by atoms with E-state index < -0.39 is 0 Å². The summed E-state index contributed by atoms with van der Waals surface area (Å²) >= 11 is 6.17. The fourth-order valence-corrected chi connectivity index (χ4v) is 3.13. The Morgan fingerprint density at radius 2 is 2.00 bits per heavy atom. The molecule has 3 nitrogen and oxygen atoms in total. The van der Waals surface area contributed by atoms with Gasteiger partial charge in [0.2, 0.25) is 0 Å². The molecule has 2 aromatic rings. The zero-order valence-electron chi connectivity index (χ0n) is 11.6. The molecular formula is C16H19ClN2O. The summed E-state index contributed by atoms with van der Waals surface area (Å²) < 4.78 is 0. The number of rotatable bonds is 2. The largest absolute Gasteiger partial charge is 0.393 e. The van der Waals surface area contributed by atoms with Crippen LogP contribution in [0.5, 0.6) is 0 Å². The predicted molar refractivity (Wildman–Crippen MR) is 83.4 cm³/mol. The van der Waals surface area contributed by atoms with Crippen LogP contribution in [0.4, 0.5) is 5.82 Å². The van der Waals surface area contributed by atoms with Crippen molar-refractivity contribution < 1.29 is 5.11 Å².